The van der Waals surface area contributed by atoms with Crippen LogP contribution in [-0.4, -0.2) is 12.6 Å². The smallest absolute Gasteiger partial charge is 0.151 e. The maximum Gasteiger partial charge on any atom is 0.151 e. The first kappa shape index (κ1) is 11.5. The minimum atomic E-state index is 0.563. The van der Waals surface area contributed by atoms with Crippen molar-refractivity contribution in [3.63, 3.8) is 0 Å². The highest BCUT2D eigenvalue weighted by atomic mass is 79.9. The van der Waals surface area contributed by atoms with Crippen LogP contribution in [0.15, 0.2) is 33.2 Å². The summed E-state index contributed by atoms with van der Waals surface area (Å²) in [5, 5.41) is 1.55. The van der Waals surface area contributed by atoms with E-state index in [-0.39, 0.29) is 0 Å². The van der Waals surface area contributed by atoms with Crippen LogP contribution in [0.3, 0.4) is 0 Å². The maximum atomic E-state index is 11.0. The Balaban J connectivity index is 2.97. The van der Waals surface area contributed by atoms with E-state index in [1.807, 2.05) is 12.1 Å². The minimum Gasteiger partial charge on any atom is -0.298 e. The Morgan fingerprint density at radius 2 is 1.12 bits per heavy atom. The molecule has 2 aromatic rings. The first-order valence-corrected chi connectivity index (χ1v) is 6.08. The summed E-state index contributed by atoms with van der Waals surface area (Å²) in [6, 6.07) is 7.18. The van der Waals surface area contributed by atoms with Gasteiger partial charge in [-0.15, -0.1) is 0 Å². The van der Waals surface area contributed by atoms with Crippen molar-refractivity contribution in [2.75, 3.05) is 0 Å². The molecule has 0 bridgehead atoms. The topological polar surface area (TPSA) is 34.1 Å². The summed E-state index contributed by atoms with van der Waals surface area (Å²) in [6.07, 6.45) is 1.57. The molecule has 2 rings (SSSR count). The summed E-state index contributed by atoms with van der Waals surface area (Å²) >= 11 is 6.62. The van der Waals surface area contributed by atoms with Crippen molar-refractivity contribution < 1.29 is 9.59 Å². The predicted octanol–water partition coefficient (Wildman–Crippen LogP) is 3.99. The minimum absolute atomic E-state index is 0.563. The summed E-state index contributed by atoms with van der Waals surface area (Å²) < 4.78 is 1.46. The van der Waals surface area contributed by atoms with Crippen molar-refractivity contribution in [2.24, 2.45) is 0 Å². The van der Waals surface area contributed by atoms with Gasteiger partial charge in [0.15, 0.2) is 12.6 Å². The molecule has 2 aromatic carbocycles. The summed E-state index contributed by atoms with van der Waals surface area (Å²) in [5.74, 6) is 0. The first-order chi connectivity index (χ1) is 7.69. The van der Waals surface area contributed by atoms with E-state index in [9.17, 15) is 9.59 Å². The van der Waals surface area contributed by atoms with Crippen molar-refractivity contribution in [3.05, 3.63) is 44.3 Å². The second-order valence-corrected chi connectivity index (χ2v) is 4.96. The predicted molar refractivity (Wildman–Crippen MR) is 70.1 cm³/mol. The van der Waals surface area contributed by atoms with Crippen LogP contribution in [0.4, 0.5) is 0 Å². The number of aldehydes is 2. The van der Waals surface area contributed by atoms with Crippen LogP contribution in [0.1, 0.15) is 20.7 Å². The first-order valence-electron chi connectivity index (χ1n) is 4.50. The summed E-state index contributed by atoms with van der Waals surface area (Å²) in [4.78, 5) is 22.0. The summed E-state index contributed by atoms with van der Waals surface area (Å²) in [7, 11) is 0. The van der Waals surface area contributed by atoms with Gasteiger partial charge in [0.25, 0.3) is 0 Å². The zero-order valence-electron chi connectivity index (χ0n) is 8.04. The average molecular weight is 342 g/mol. The van der Waals surface area contributed by atoms with E-state index in [1.165, 1.54) is 0 Å². The van der Waals surface area contributed by atoms with Gasteiger partial charge in [-0.2, -0.15) is 0 Å². The average Bonchev–Trinajstić information content (AvgIpc) is 2.29. The zero-order valence-corrected chi connectivity index (χ0v) is 11.2. The highest BCUT2D eigenvalue weighted by Crippen LogP contribution is 2.30. The van der Waals surface area contributed by atoms with Gasteiger partial charge in [0, 0.05) is 20.1 Å². The number of carbonyl (C=O) groups is 2. The second kappa shape index (κ2) is 4.47. The molecule has 0 atom stereocenters. The molecular formula is C12H6Br2O2. The highest BCUT2D eigenvalue weighted by Gasteiger charge is 2.10. The van der Waals surface area contributed by atoms with Crippen LogP contribution in [-0.2, 0) is 0 Å². The largest absolute Gasteiger partial charge is 0.298 e. The van der Waals surface area contributed by atoms with E-state index < -0.39 is 0 Å². The molecule has 0 saturated carbocycles. The van der Waals surface area contributed by atoms with Crippen molar-refractivity contribution in [1.29, 1.82) is 0 Å². The lowest BCUT2D eigenvalue weighted by atomic mass is 10.0. The molecule has 0 N–H and O–H groups in total. The molecule has 80 valence electrons. The Labute approximate surface area is 109 Å². The molecule has 0 aromatic heterocycles. The van der Waals surface area contributed by atoms with Gasteiger partial charge >= 0.3 is 0 Å². The Kier molecular flexibility index (Phi) is 3.21. The van der Waals surface area contributed by atoms with Crippen LogP contribution in [0, 0.1) is 0 Å². The summed E-state index contributed by atoms with van der Waals surface area (Å²) in [5.41, 5.74) is 1.13. The Bertz CT molecular complexity index is 538. The second-order valence-electron chi connectivity index (χ2n) is 3.25. The van der Waals surface area contributed by atoms with E-state index in [4.69, 9.17) is 0 Å². The van der Waals surface area contributed by atoms with E-state index >= 15 is 0 Å². The van der Waals surface area contributed by atoms with Crippen molar-refractivity contribution >= 4 is 55.2 Å². The van der Waals surface area contributed by atoms with Crippen molar-refractivity contribution in [3.8, 4) is 0 Å². The third kappa shape index (κ3) is 1.72. The van der Waals surface area contributed by atoms with E-state index in [1.54, 1.807) is 12.1 Å². The Morgan fingerprint density at radius 1 is 0.750 bits per heavy atom. The van der Waals surface area contributed by atoms with Gasteiger partial charge in [0.05, 0.1) is 0 Å². The lowest BCUT2D eigenvalue weighted by Gasteiger charge is -2.07. The molecule has 0 aliphatic carbocycles. The van der Waals surface area contributed by atoms with Gasteiger partial charge in [-0.05, 0) is 22.9 Å². The number of rotatable bonds is 2. The van der Waals surface area contributed by atoms with Crippen LogP contribution >= 0.6 is 31.9 Å². The van der Waals surface area contributed by atoms with Crippen LogP contribution < -0.4 is 0 Å². The van der Waals surface area contributed by atoms with Crippen molar-refractivity contribution in [2.45, 2.75) is 0 Å². The van der Waals surface area contributed by atoms with Gasteiger partial charge in [-0.3, -0.25) is 9.59 Å². The number of carbonyl (C=O) groups excluding carboxylic acids is 2. The quantitative estimate of drug-likeness (QED) is 0.774. The van der Waals surface area contributed by atoms with E-state index in [0.717, 1.165) is 32.3 Å². The zero-order chi connectivity index (χ0) is 11.7. The fourth-order valence-electron chi connectivity index (χ4n) is 1.64. The normalized spacial score (nSPS) is 10.4. The van der Waals surface area contributed by atoms with Crippen molar-refractivity contribution in [1.82, 2.24) is 0 Å². The van der Waals surface area contributed by atoms with Gasteiger partial charge in [-0.1, -0.05) is 44.0 Å². The van der Waals surface area contributed by atoms with Gasteiger partial charge < -0.3 is 0 Å². The number of benzene rings is 2. The fraction of sp³-hybridized carbons (Fsp3) is 0. The van der Waals surface area contributed by atoms with Gasteiger partial charge in [0.2, 0.25) is 0 Å². The monoisotopic (exact) mass is 340 g/mol. The number of halogens is 2. The Morgan fingerprint density at radius 3 is 1.44 bits per heavy atom. The van der Waals surface area contributed by atoms with Crippen LogP contribution in [0.5, 0.6) is 0 Å². The van der Waals surface area contributed by atoms with Crippen LogP contribution in [0.2, 0.25) is 0 Å². The maximum absolute atomic E-state index is 11.0. The molecule has 0 fully saturated rings. The Hall–Kier alpha value is -1.00. The standard InChI is InChI=1S/C12H6Br2O2/c13-11-3-1-7-8(10(11)6-16)2-4-12(14)9(7)5-15/h1-6H. The highest BCUT2D eigenvalue weighted by molar-refractivity contribution is 9.10. The molecule has 0 aliphatic heterocycles. The SMILES string of the molecule is O=Cc1c(Br)ccc2c(C=O)c(Br)ccc12. The lowest BCUT2D eigenvalue weighted by molar-refractivity contribution is 0.111. The molecule has 0 radical (unpaired) electrons. The lowest BCUT2D eigenvalue weighted by Crippen LogP contribution is -1.91. The number of hydrogen-bond donors (Lipinski definition) is 0. The molecule has 0 amide bonds. The number of hydrogen-bond acceptors (Lipinski definition) is 2. The summed E-state index contributed by atoms with van der Waals surface area (Å²) in [6.45, 7) is 0. The third-order valence-corrected chi connectivity index (χ3v) is 3.80. The molecule has 4 heteroatoms. The van der Waals surface area contributed by atoms with E-state index in [2.05, 4.69) is 31.9 Å². The fourth-order valence-corrected chi connectivity index (χ4v) is 2.52. The number of fused-ring (bicyclic) bond motifs is 1. The van der Waals surface area contributed by atoms with Crippen LogP contribution in [0.25, 0.3) is 10.8 Å². The molecule has 0 unspecified atom stereocenters. The van der Waals surface area contributed by atoms with Gasteiger partial charge in [0.1, 0.15) is 0 Å². The molecule has 0 saturated heterocycles. The third-order valence-electron chi connectivity index (χ3n) is 2.41. The molecule has 2 nitrogen and oxygen atoms in total. The molecular weight excluding hydrogens is 336 g/mol. The molecule has 0 aliphatic rings. The molecule has 0 heterocycles. The molecule has 0 spiro atoms. The van der Waals surface area contributed by atoms with E-state index in [0.29, 0.717) is 11.1 Å². The van der Waals surface area contributed by atoms with Gasteiger partial charge in [-0.25, -0.2) is 0 Å². The molecule has 16 heavy (non-hydrogen) atoms.